The lowest BCUT2D eigenvalue weighted by atomic mass is 10.0. The summed E-state index contributed by atoms with van der Waals surface area (Å²) in [5, 5.41) is 5.12. The zero-order chi connectivity index (χ0) is 18.7. The van der Waals surface area contributed by atoms with E-state index in [4.69, 9.17) is 4.74 Å². The number of ether oxygens (including phenoxy) is 1. The molecule has 0 unspecified atom stereocenters. The summed E-state index contributed by atoms with van der Waals surface area (Å²) >= 11 is 1.29. The third-order valence-corrected chi connectivity index (χ3v) is 4.99. The fourth-order valence-corrected chi connectivity index (χ4v) is 3.33. The maximum absolute atomic E-state index is 12.7. The van der Waals surface area contributed by atoms with Crippen molar-refractivity contribution in [3.8, 4) is 11.1 Å². The summed E-state index contributed by atoms with van der Waals surface area (Å²) < 4.78 is 5.20. The first kappa shape index (κ1) is 18.1. The predicted octanol–water partition coefficient (Wildman–Crippen LogP) is 3.01. The summed E-state index contributed by atoms with van der Waals surface area (Å²) in [5.41, 5.74) is 1.83. The molecule has 0 aliphatic heterocycles. The van der Waals surface area contributed by atoms with Crippen LogP contribution in [0, 0.1) is 5.92 Å². The quantitative estimate of drug-likeness (QED) is 0.791. The smallest absolute Gasteiger partial charge is 0.342 e. The number of benzene rings is 1. The molecule has 1 aliphatic carbocycles. The summed E-state index contributed by atoms with van der Waals surface area (Å²) in [6, 6.07) is 9.41. The molecule has 0 spiro atoms. The van der Waals surface area contributed by atoms with Gasteiger partial charge in [0.2, 0.25) is 5.91 Å². The van der Waals surface area contributed by atoms with Crippen LogP contribution < -0.4 is 5.32 Å². The number of likely N-dealkylation sites (N-methyl/N-ethyl adjacent to an activating group) is 1. The van der Waals surface area contributed by atoms with E-state index in [0.29, 0.717) is 16.1 Å². The van der Waals surface area contributed by atoms with E-state index in [1.54, 1.807) is 14.1 Å². The van der Waals surface area contributed by atoms with Gasteiger partial charge < -0.3 is 15.0 Å². The van der Waals surface area contributed by atoms with Gasteiger partial charge in [-0.1, -0.05) is 30.3 Å². The number of nitrogens with zero attached hydrogens (tertiary/aromatic N) is 1. The first-order chi connectivity index (χ1) is 12.5. The monoisotopic (exact) mass is 372 g/mol. The van der Waals surface area contributed by atoms with Crippen LogP contribution >= 0.6 is 11.3 Å². The Morgan fingerprint density at radius 3 is 2.50 bits per heavy atom. The average molecular weight is 372 g/mol. The Balaban J connectivity index is 1.88. The van der Waals surface area contributed by atoms with Gasteiger partial charge in [-0.05, 0) is 18.4 Å². The van der Waals surface area contributed by atoms with E-state index < -0.39 is 5.97 Å². The van der Waals surface area contributed by atoms with Gasteiger partial charge in [0, 0.05) is 31.0 Å². The van der Waals surface area contributed by atoms with E-state index in [1.165, 1.54) is 16.2 Å². The molecule has 6 nitrogen and oxygen atoms in total. The van der Waals surface area contributed by atoms with Crippen LogP contribution in [0.1, 0.15) is 23.2 Å². The molecule has 0 bridgehead atoms. The molecule has 1 aromatic carbocycles. The number of carbonyl (C=O) groups excluding carboxylic acids is 3. The summed E-state index contributed by atoms with van der Waals surface area (Å²) in [6.07, 6.45) is 1.75. The fraction of sp³-hybridized carbons (Fsp3) is 0.316. The van der Waals surface area contributed by atoms with Gasteiger partial charge in [0.1, 0.15) is 10.6 Å². The predicted molar refractivity (Wildman–Crippen MR) is 100 cm³/mol. The molecule has 0 saturated heterocycles. The molecule has 1 heterocycles. The van der Waals surface area contributed by atoms with Crippen molar-refractivity contribution in [2.24, 2.45) is 5.92 Å². The van der Waals surface area contributed by atoms with Crippen molar-refractivity contribution in [1.82, 2.24) is 4.90 Å². The highest BCUT2D eigenvalue weighted by atomic mass is 32.1. The molecule has 136 valence electrons. The highest BCUT2D eigenvalue weighted by Gasteiger charge is 2.32. The molecule has 2 amide bonds. The number of nitrogens with one attached hydrogen (secondary N) is 1. The Kier molecular flexibility index (Phi) is 5.37. The molecule has 3 rings (SSSR count). The van der Waals surface area contributed by atoms with Crippen LogP contribution in [-0.2, 0) is 14.3 Å². The van der Waals surface area contributed by atoms with Gasteiger partial charge in [-0.3, -0.25) is 9.59 Å². The van der Waals surface area contributed by atoms with E-state index in [9.17, 15) is 14.4 Å². The van der Waals surface area contributed by atoms with Crippen LogP contribution in [0.2, 0.25) is 0 Å². The Morgan fingerprint density at radius 2 is 1.88 bits per heavy atom. The van der Waals surface area contributed by atoms with Crippen molar-refractivity contribution in [3.63, 3.8) is 0 Å². The SMILES string of the molecule is CN(C)C(=O)COC(=O)c1c(-c2ccccc2)csc1NC(=O)C1CC1. The molecule has 1 aromatic heterocycles. The maximum Gasteiger partial charge on any atom is 0.342 e. The summed E-state index contributed by atoms with van der Waals surface area (Å²) in [6.45, 7) is -0.341. The molecule has 1 N–H and O–H groups in total. The number of rotatable bonds is 6. The van der Waals surface area contributed by atoms with Gasteiger partial charge in [-0.15, -0.1) is 11.3 Å². The van der Waals surface area contributed by atoms with Gasteiger partial charge in [-0.25, -0.2) is 4.79 Å². The number of esters is 1. The van der Waals surface area contributed by atoms with Crippen LogP contribution in [0.4, 0.5) is 5.00 Å². The molecule has 26 heavy (non-hydrogen) atoms. The molecule has 1 aliphatic rings. The minimum atomic E-state index is -0.619. The van der Waals surface area contributed by atoms with Crippen molar-refractivity contribution in [3.05, 3.63) is 41.3 Å². The average Bonchev–Trinajstić information content (AvgIpc) is 3.41. The molecule has 0 atom stereocenters. The zero-order valence-corrected chi connectivity index (χ0v) is 15.5. The molecule has 1 saturated carbocycles. The first-order valence-electron chi connectivity index (χ1n) is 8.32. The second-order valence-electron chi connectivity index (χ2n) is 6.35. The normalized spacial score (nSPS) is 13.2. The third-order valence-electron chi connectivity index (χ3n) is 4.09. The number of hydrogen-bond acceptors (Lipinski definition) is 5. The fourth-order valence-electron chi connectivity index (χ4n) is 2.37. The minimum Gasteiger partial charge on any atom is -0.452 e. The second-order valence-corrected chi connectivity index (χ2v) is 7.23. The number of carbonyl (C=O) groups is 3. The maximum atomic E-state index is 12.7. The number of amides is 2. The van der Waals surface area contributed by atoms with E-state index in [-0.39, 0.29) is 24.3 Å². The number of hydrogen-bond donors (Lipinski definition) is 1. The standard InChI is InChI=1S/C19H20N2O4S/c1-21(2)15(22)10-25-19(24)16-14(12-6-4-3-5-7-12)11-26-18(16)20-17(23)13-8-9-13/h3-7,11,13H,8-10H2,1-2H3,(H,20,23). The largest absolute Gasteiger partial charge is 0.452 e. The second kappa shape index (κ2) is 7.70. The molecule has 2 aromatic rings. The summed E-state index contributed by atoms with van der Waals surface area (Å²) in [7, 11) is 3.19. The van der Waals surface area contributed by atoms with Crippen molar-refractivity contribution >= 4 is 34.1 Å². The molecular weight excluding hydrogens is 352 g/mol. The van der Waals surface area contributed by atoms with E-state index >= 15 is 0 Å². The van der Waals surface area contributed by atoms with E-state index in [1.807, 2.05) is 35.7 Å². The lowest BCUT2D eigenvalue weighted by Crippen LogP contribution is -2.27. The van der Waals surface area contributed by atoms with Gasteiger partial charge in [-0.2, -0.15) is 0 Å². The van der Waals surface area contributed by atoms with Crippen LogP contribution in [0.3, 0.4) is 0 Å². The highest BCUT2D eigenvalue weighted by Crippen LogP contribution is 2.38. The Morgan fingerprint density at radius 1 is 1.19 bits per heavy atom. The van der Waals surface area contributed by atoms with Crippen LogP contribution in [0.5, 0.6) is 0 Å². The van der Waals surface area contributed by atoms with E-state index in [0.717, 1.165) is 18.4 Å². The minimum absolute atomic E-state index is 0.0245. The lowest BCUT2D eigenvalue weighted by molar-refractivity contribution is -0.132. The van der Waals surface area contributed by atoms with Crippen molar-refractivity contribution in [2.75, 3.05) is 26.0 Å². The van der Waals surface area contributed by atoms with Crippen molar-refractivity contribution < 1.29 is 19.1 Å². The van der Waals surface area contributed by atoms with Gasteiger partial charge in [0.15, 0.2) is 6.61 Å². The lowest BCUT2D eigenvalue weighted by Gasteiger charge is -2.12. The van der Waals surface area contributed by atoms with Crippen LogP contribution in [0.15, 0.2) is 35.7 Å². The summed E-state index contributed by atoms with van der Waals surface area (Å²) in [4.78, 5) is 37.9. The van der Waals surface area contributed by atoms with E-state index in [2.05, 4.69) is 5.32 Å². The van der Waals surface area contributed by atoms with Gasteiger partial charge >= 0.3 is 5.97 Å². The molecular formula is C19H20N2O4S. The molecule has 7 heteroatoms. The molecule has 1 fully saturated rings. The Labute approximate surface area is 155 Å². The first-order valence-corrected chi connectivity index (χ1v) is 9.20. The topological polar surface area (TPSA) is 75.7 Å². The highest BCUT2D eigenvalue weighted by molar-refractivity contribution is 7.15. The van der Waals surface area contributed by atoms with Crippen LogP contribution in [0.25, 0.3) is 11.1 Å². The van der Waals surface area contributed by atoms with Crippen molar-refractivity contribution in [1.29, 1.82) is 0 Å². The number of anilines is 1. The number of thiophene rings is 1. The van der Waals surface area contributed by atoms with Gasteiger partial charge in [0.05, 0.1) is 0 Å². The summed E-state index contributed by atoms with van der Waals surface area (Å²) in [5.74, 6) is -0.980. The zero-order valence-electron chi connectivity index (χ0n) is 14.7. The Hall–Kier alpha value is -2.67. The van der Waals surface area contributed by atoms with Crippen molar-refractivity contribution in [2.45, 2.75) is 12.8 Å². The van der Waals surface area contributed by atoms with Gasteiger partial charge in [0.25, 0.3) is 5.91 Å². The third kappa shape index (κ3) is 4.11. The molecule has 0 radical (unpaired) electrons. The van der Waals surface area contributed by atoms with Crippen LogP contribution in [-0.4, -0.2) is 43.4 Å². The Bertz CT molecular complexity index is 825.